The van der Waals surface area contributed by atoms with Gasteiger partial charge >= 0.3 is 5.97 Å². The van der Waals surface area contributed by atoms with Gasteiger partial charge in [0.25, 0.3) is 0 Å². The van der Waals surface area contributed by atoms with Gasteiger partial charge in [-0.05, 0) is 36.7 Å². The van der Waals surface area contributed by atoms with Crippen LogP contribution in [0, 0.1) is 5.82 Å². The molecule has 0 unspecified atom stereocenters. The number of benzene rings is 1. The smallest absolute Gasteiger partial charge is 0.319 e. The van der Waals surface area contributed by atoms with E-state index in [2.05, 4.69) is 4.74 Å². The van der Waals surface area contributed by atoms with E-state index in [1.807, 2.05) is 11.8 Å². The zero-order chi connectivity index (χ0) is 13.5. The number of rotatable bonds is 6. The molecule has 3 nitrogen and oxygen atoms in total. The quantitative estimate of drug-likeness (QED) is 0.747. The molecule has 1 aromatic rings. The number of ether oxygens (including phenoxy) is 1. The van der Waals surface area contributed by atoms with Gasteiger partial charge in [-0.15, -0.1) is 0 Å². The summed E-state index contributed by atoms with van der Waals surface area (Å²) in [5.74, 6) is -0.639. The molecule has 0 N–H and O–H groups in total. The summed E-state index contributed by atoms with van der Waals surface area (Å²) < 4.78 is 17.8. The van der Waals surface area contributed by atoms with Gasteiger partial charge < -0.3 is 4.74 Å². The molecule has 0 fully saturated rings. The number of esters is 1. The largest absolute Gasteiger partial charge is 0.468 e. The lowest BCUT2D eigenvalue weighted by Crippen LogP contribution is -2.31. The van der Waals surface area contributed by atoms with E-state index >= 15 is 0 Å². The Balaban J connectivity index is 2.75. The van der Waals surface area contributed by atoms with Crippen LogP contribution >= 0.6 is 11.6 Å². The number of hydrogen-bond acceptors (Lipinski definition) is 3. The molecule has 0 heterocycles. The van der Waals surface area contributed by atoms with Gasteiger partial charge in [0.15, 0.2) is 0 Å². The third-order valence-electron chi connectivity index (χ3n) is 2.52. The van der Waals surface area contributed by atoms with E-state index < -0.39 is 0 Å². The average molecular weight is 274 g/mol. The van der Waals surface area contributed by atoms with Crippen LogP contribution in [0.5, 0.6) is 0 Å². The SMILES string of the molecule is CCCN(CC(=O)OC)Cc1cc(F)ccc1Cl. The predicted octanol–water partition coefficient (Wildman–Crippen LogP) is 2.86. The summed E-state index contributed by atoms with van der Waals surface area (Å²) in [5.41, 5.74) is 0.675. The molecule has 0 spiro atoms. The topological polar surface area (TPSA) is 29.5 Å². The monoisotopic (exact) mass is 273 g/mol. The van der Waals surface area contributed by atoms with Crippen molar-refractivity contribution in [1.29, 1.82) is 0 Å². The van der Waals surface area contributed by atoms with E-state index in [0.717, 1.165) is 13.0 Å². The molecule has 0 saturated heterocycles. The maximum atomic E-state index is 13.1. The van der Waals surface area contributed by atoms with Gasteiger partial charge in [0.1, 0.15) is 5.82 Å². The highest BCUT2D eigenvalue weighted by Gasteiger charge is 2.13. The van der Waals surface area contributed by atoms with Crippen molar-refractivity contribution in [3.05, 3.63) is 34.6 Å². The van der Waals surface area contributed by atoms with Crippen LogP contribution in [0.4, 0.5) is 4.39 Å². The number of carbonyl (C=O) groups excluding carboxylic acids is 1. The first-order valence-electron chi connectivity index (χ1n) is 5.80. The van der Waals surface area contributed by atoms with Crippen LogP contribution in [0.3, 0.4) is 0 Å². The average Bonchev–Trinajstić information content (AvgIpc) is 2.34. The molecule has 0 aliphatic rings. The van der Waals surface area contributed by atoms with Gasteiger partial charge in [-0.3, -0.25) is 9.69 Å². The maximum absolute atomic E-state index is 13.1. The lowest BCUT2D eigenvalue weighted by atomic mass is 10.2. The Labute approximate surface area is 111 Å². The lowest BCUT2D eigenvalue weighted by Gasteiger charge is -2.20. The third kappa shape index (κ3) is 4.63. The van der Waals surface area contributed by atoms with E-state index in [-0.39, 0.29) is 18.3 Å². The fourth-order valence-corrected chi connectivity index (χ4v) is 1.86. The number of halogens is 2. The van der Waals surface area contributed by atoms with Crippen LogP contribution in [0.2, 0.25) is 5.02 Å². The van der Waals surface area contributed by atoms with Gasteiger partial charge in [-0.1, -0.05) is 18.5 Å². The second-order valence-corrected chi connectivity index (χ2v) is 4.43. The number of methoxy groups -OCH3 is 1. The van der Waals surface area contributed by atoms with E-state index in [9.17, 15) is 9.18 Å². The molecule has 0 aliphatic heterocycles. The Morgan fingerprint density at radius 1 is 1.50 bits per heavy atom. The molecule has 0 amide bonds. The van der Waals surface area contributed by atoms with Crippen molar-refractivity contribution in [2.75, 3.05) is 20.2 Å². The zero-order valence-corrected chi connectivity index (χ0v) is 11.3. The summed E-state index contributed by atoms with van der Waals surface area (Å²) in [7, 11) is 1.35. The van der Waals surface area contributed by atoms with Gasteiger partial charge in [0.2, 0.25) is 0 Å². The van der Waals surface area contributed by atoms with E-state index in [1.54, 1.807) is 0 Å². The third-order valence-corrected chi connectivity index (χ3v) is 2.89. The van der Waals surface area contributed by atoms with Crippen LogP contribution in [-0.4, -0.2) is 31.1 Å². The summed E-state index contributed by atoms with van der Waals surface area (Å²) in [6, 6.07) is 4.23. The molecule has 5 heteroatoms. The molecule has 18 heavy (non-hydrogen) atoms. The van der Waals surface area contributed by atoms with Gasteiger partial charge in [-0.2, -0.15) is 0 Å². The summed E-state index contributed by atoms with van der Waals surface area (Å²) in [5, 5.41) is 0.502. The number of hydrogen-bond donors (Lipinski definition) is 0. The molecule has 0 aliphatic carbocycles. The molecule has 0 aromatic heterocycles. The van der Waals surface area contributed by atoms with Gasteiger partial charge in [-0.25, -0.2) is 4.39 Å². The van der Waals surface area contributed by atoms with Crippen LogP contribution in [0.25, 0.3) is 0 Å². The summed E-state index contributed by atoms with van der Waals surface area (Å²) >= 11 is 6.00. The number of nitrogens with zero attached hydrogens (tertiary/aromatic N) is 1. The maximum Gasteiger partial charge on any atom is 0.319 e. The fourth-order valence-electron chi connectivity index (χ4n) is 1.68. The molecule has 0 saturated carbocycles. The molecular formula is C13H17ClFNO2. The second kappa shape index (κ2) is 7.34. The van der Waals surface area contributed by atoms with Crippen LogP contribution in [0.1, 0.15) is 18.9 Å². The van der Waals surface area contributed by atoms with E-state index in [4.69, 9.17) is 11.6 Å². The summed E-state index contributed by atoms with van der Waals surface area (Å²) in [6.45, 7) is 3.34. The zero-order valence-electron chi connectivity index (χ0n) is 10.6. The predicted molar refractivity (Wildman–Crippen MR) is 69.0 cm³/mol. The molecule has 0 atom stereocenters. The first kappa shape index (κ1) is 14.9. The normalized spacial score (nSPS) is 10.7. The summed E-state index contributed by atoms with van der Waals surface area (Å²) in [4.78, 5) is 13.1. The first-order valence-corrected chi connectivity index (χ1v) is 6.17. The Kier molecular flexibility index (Phi) is 6.09. The summed E-state index contributed by atoms with van der Waals surface area (Å²) in [6.07, 6.45) is 0.893. The van der Waals surface area contributed by atoms with Crippen molar-refractivity contribution in [2.45, 2.75) is 19.9 Å². The highest BCUT2D eigenvalue weighted by Crippen LogP contribution is 2.19. The van der Waals surface area contributed by atoms with Crippen molar-refractivity contribution < 1.29 is 13.9 Å². The molecule has 100 valence electrons. The van der Waals surface area contributed by atoms with E-state index in [0.29, 0.717) is 17.1 Å². The van der Waals surface area contributed by atoms with Gasteiger partial charge in [0, 0.05) is 11.6 Å². The van der Waals surface area contributed by atoms with E-state index in [1.165, 1.54) is 25.3 Å². The minimum atomic E-state index is -0.330. The van der Waals surface area contributed by atoms with Crippen molar-refractivity contribution >= 4 is 17.6 Å². The van der Waals surface area contributed by atoms with Gasteiger partial charge in [0.05, 0.1) is 13.7 Å². The molecule has 0 radical (unpaired) electrons. The number of carbonyl (C=O) groups is 1. The van der Waals surface area contributed by atoms with Crippen molar-refractivity contribution in [3.63, 3.8) is 0 Å². The molecule has 0 bridgehead atoms. The Hall–Kier alpha value is -1.13. The Bertz CT molecular complexity index is 412. The fraction of sp³-hybridized carbons (Fsp3) is 0.462. The van der Waals surface area contributed by atoms with Crippen LogP contribution in [-0.2, 0) is 16.1 Å². The first-order chi connectivity index (χ1) is 8.56. The van der Waals surface area contributed by atoms with Crippen molar-refractivity contribution in [3.8, 4) is 0 Å². The standard InChI is InChI=1S/C13H17ClFNO2/c1-3-6-16(9-13(17)18-2)8-10-7-11(15)4-5-12(10)14/h4-5,7H,3,6,8-9H2,1-2H3. The lowest BCUT2D eigenvalue weighted by molar-refractivity contribution is -0.142. The second-order valence-electron chi connectivity index (χ2n) is 4.02. The Morgan fingerprint density at radius 2 is 2.22 bits per heavy atom. The molecule has 1 rings (SSSR count). The molecule has 1 aromatic carbocycles. The molecular weight excluding hydrogens is 257 g/mol. The van der Waals surface area contributed by atoms with Crippen LogP contribution in [0.15, 0.2) is 18.2 Å². The van der Waals surface area contributed by atoms with Crippen molar-refractivity contribution in [2.24, 2.45) is 0 Å². The highest BCUT2D eigenvalue weighted by atomic mass is 35.5. The van der Waals surface area contributed by atoms with Crippen molar-refractivity contribution in [1.82, 2.24) is 4.90 Å². The minimum Gasteiger partial charge on any atom is -0.468 e. The van der Waals surface area contributed by atoms with Crippen LogP contribution < -0.4 is 0 Å². The highest BCUT2D eigenvalue weighted by molar-refractivity contribution is 6.31. The minimum absolute atomic E-state index is 0.178. The Morgan fingerprint density at radius 3 is 2.83 bits per heavy atom.